The summed E-state index contributed by atoms with van der Waals surface area (Å²) in [6.45, 7) is 8.66. The fourth-order valence-electron chi connectivity index (χ4n) is 3.42. The van der Waals surface area contributed by atoms with Crippen LogP contribution in [-0.2, 0) is 0 Å². The van der Waals surface area contributed by atoms with Crippen LogP contribution in [0.25, 0.3) is 0 Å². The summed E-state index contributed by atoms with van der Waals surface area (Å²) in [4.78, 5) is 2.76. The third-order valence-electron chi connectivity index (χ3n) is 4.63. The van der Waals surface area contributed by atoms with Gasteiger partial charge in [0.25, 0.3) is 0 Å². The largest absolute Gasteiger partial charge is 0.317 e. The summed E-state index contributed by atoms with van der Waals surface area (Å²) in [5, 5.41) is 3.46. The van der Waals surface area contributed by atoms with Gasteiger partial charge in [0.15, 0.2) is 0 Å². The normalized spacial score (nSPS) is 32.1. The molecule has 0 aliphatic carbocycles. The third kappa shape index (κ3) is 4.42. The molecule has 1 N–H and O–H groups in total. The van der Waals surface area contributed by atoms with Crippen molar-refractivity contribution in [2.75, 3.05) is 19.6 Å². The number of rotatable bonds is 3. The Hall–Kier alpha value is 0.210. The maximum atomic E-state index is 3.46. The van der Waals surface area contributed by atoms with Crippen LogP contribution >= 0.6 is 12.4 Å². The smallest absolute Gasteiger partial charge is 0.00697 e. The number of piperidine rings is 2. The number of hydrogen-bond acceptors (Lipinski definition) is 2. The Morgan fingerprint density at radius 2 is 1.59 bits per heavy atom. The van der Waals surface area contributed by atoms with Crippen molar-refractivity contribution >= 4 is 12.4 Å². The number of nitrogens with one attached hydrogen (secondary N) is 1. The second kappa shape index (κ2) is 7.60. The van der Waals surface area contributed by atoms with Crippen LogP contribution in [0.5, 0.6) is 0 Å². The molecule has 0 amide bonds. The topological polar surface area (TPSA) is 15.3 Å². The molecular formula is C14H29ClN2. The van der Waals surface area contributed by atoms with E-state index in [1.807, 2.05) is 0 Å². The van der Waals surface area contributed by atoms with E-state index in [4.69, 9.17) is 0 Å². The van der Waals surface area contributed by atoms with Crippen molar-refractivity contribution in [1.82, 2.24) is 10.2 Å². The monoisotopic (exact) mass is 260 g/mol. The van der Waals surface area contributed by atoms with E-state index in [1.165, 1.54) is 58.2 Å². The molecule has 2 aliphatic rings. The van der Waals surface area contributed by atoms with Crippen LogP contribution in [0.4, 0.5) is 0 Å². The van der Waals surface area contributed by atoms with E-state index in [9.17, 15) is 0 Å². The summed E-state index contributed by atoms with van der Waals surface area (Å²) in [6.07, 6.45) is 8.49. The summed E-state index contributed by atoms with van der Waals surface area (Å²) >= 11 is 0. The molecule has 2 fully saturated rings. The summed E-state index contributed by atoms with van der Waals surface area (Å²) < 4.78 is 0. The van der Waals surface area contributed by atoms with Crippen LogP contribution < -0.4 is 5.32 Å². The molecule has 0 saturated carbocycles. The highest BCUT2D eigenvalue weighted by molar-refractivity contribution is 5.85. The van der Waals surface area contributed by atoms with Crippen molar-refractivity contribution in [2.24, 2.45) is 5.92 Å². The number of hydrogen-bond donors (Lipinski definition) is 1. The Morgan fingerprint density at radius 1 is 1.00 bits per heavy atom. The van der Waals surface area contributed by atoms with Crippen LogP contribution in [0, 0.1) is 5.92 Å². The summed E-state index contributed by atoms with van der Waals surface area (Å²) in [6, 6.07) is 1.65. The molecule has 102 valence electrons. The van der Waals surface area contributed by atoms with Gasteiger partial charge >= 0.3 is 0 Å². The van der Waals surface area contributed by atoms with Gasteiger partial charge in [-0.05, 0) is 71.5 Å². The first kappa shape index (κ1) is 15.3. The minimum atomic E-state index is 0. The van der Waals surface area contributed by atoms with Crippen molar-refractivity contribution < 1.29 is 0 Å². The second-order valence-electron chi connectivity index (χ2n) is 5.85. The Kier molecular flexibility index (Phi) is 6.83. The van der Waals surface area contributed by atoms with Gasteiger partial charge in [-0.25, -0.2) is 0 Å². The Labute approximate surface area is 113 Å². The molecule has 0 aromatic carbocycles. The van der Waals surface area contributed by atoms with E-state index in [0.717, 1.165) is 18.0 Å². The lowest BCUT2D eigenvalue weighted by Gasteiger charge is -2.40. The highest BCUT2D eigenvalue weighted by Crippen LogP contribution is 2.24. The van der Waals surface area contributed by atoms with Crippen molar-refractivity contribution in [2.45, 2.75) is 64.5 Å². The van der Waals surface area contributed by atoms with Crippen LogP contribution in [0.15, 0.2) is 0 Å². The maximum absolute atomic E-state index is 3.46. The van der Waals surface area contributed by atoms with Gasteiger partial charge in [0.05, 0.1) is 0 Å². The predicted octanol–water partition coefficient (Wildman–Crippen LogP) is 3.06. The van der Waals surface area contributed by atoms with Crippen molar-refractivity contribution in [3.63, 3.8) is 0 Å². The third-order valence-corrected chi connectivity index (χ3v) is 4.63. The van der Waals surface area contributed by atoms with Gasteiger partial charge in [0, 0.05) is 12.1 Å². The highest BCUT2D eigenvalue weighted by atomic mass is 35.5. The Balaban J connectivity index is 0.00000144. The molecule has 2 nitrogen and oxygen atoms in total. The van der Waals surface area contributed by atoms with E-state index < -0.39 is 0 Å². The molecule has 0 unspecified atom stereocenters. The lowest BCUT2D eigenvalue weighted by atomic mass is 9.92. The van der Waals surface area contributed by atoms with Crippen molar-refractivity contribution in [3.05, 3.63) is 0 Å². The SMILES string of the molecule is C[C@@H]1CCC[C@H](C)N1CCC1CCNCC1.Cl. The van der Waals surface area contributed by atoms with Crippen LogP contribution in [-0.4, -0.2) is 36.6 Å². The van der Waals surface area contributed by atoms with Crippen molar-refractivity contribution in [3.8, 4) is 0 Å². The zero-order valence-corrected chi connectivity index (χ0v) is 12.3. The van der Waals surface area contributed by atoms with Gasteiger partial charge in [-0.1, -0.05) is 6.42 Å². The molecule has 2 atom stereocenters. The molecule has 17 heavy (non-hydrogen) atoms. The fourth-order valence-corrected chi connectivity index (χ4v) is 3.42. The van der Waals surface area contributed by atoms with Gasteiger partial charge in [-0.2, -0.15) is 0 Å². The van der Waals surface area contributed by atoms with E-state index in [2.05, 4.69) is 24.1 Å². The Morgan fingerprint density at radius 3 is 2.18 bits per heavy atom. The van der Waals surface area contributed by atoms with E-state index in [-0.39, 0.29) is 12.4 Å². The molecule has 2 aliphatic heterocycles. The van der Waals surface area contributed by atoms with Gasteiger partial charge in [0.2, 0.25) is 0 Å². The molecule has 3 heteroatoms. The first-order valence-corrected chi connectivity index (χ1v) is 7.24. The van der Waals surface area contributed by atoms with Gasteiger partial charge in [-0.15, -0.1) is 12.4 Å². The van der Waals surface area contributed by atoms with Gasteiger partial charge in [-0.3, -0.25) is 4.90 Å². The maximum Gasteiger partial charge on any atom is 0.00697 e. The minimum absolute atomic E-state index is 0. The van der Waals surface area contributed by atoms with Crippen LogP contribution in [0.2, 0.25) is 0 Å². The summed E-state index contributed by atoms with van der Waals surface area (Å²) in [7, 11) is 0. The molecule has 2 rings (SSSR count). The fraction of sp³-hybridized carbons (Fsp3) is 1.00. The molecule has 2 heterocycles. The molecule has 2 saturated heterocycles. The molecule has 0 bridgehead atoms. The zero-order chi connectivity index (χ0) is 11.4. The molecular weight excluding hydrogens is 232 g/mol. The van der Waals surface area contributed by atoms with Gasteiger partial charge in [0.1, 0.15) is 0 Å². The first-order chi connectivity index (χ1) is 7.77. The highest BCUT2D eigenvalue weighted by Gasteiger charge is 2.25. The number of likely N-dealkylation sites (tertiary alicyclic amines) is 1. The lowest BCUT2D eigenvalue weighted by molar-refractivity contribution is 0.0934. The average molecular weight is 261 g/mol. The Bertz CT molecular complexity index is 194. The lowest BCUT2D eigenvalue weighted by Crippen LogP contribution is -2.44. The van der Waals surface area contributed by atoms with Crippen molar-refractivity contribution in [1.29, 1.82) is 0 Å². The quantitative estimate of drug-likeness (QED) is 0.839. The first-order valence-electron chi connectivity index (χ1n) is 7.24. The summed E-state index contributed by atoms with van der Waals surface area (Å²) in [5.74, 6) is 0.988. The molecule has 0 aromatic rings. The number of nitrogens with zero attached hydrogens (tertiary/aromatic N) is 1. The molecule has 0 spiro atoms. The number of halogens is 1. The predicted molar refractivity (Wildman–Crippen MR) is 76.9 cm³/mol. The van der Waals surface area contributed by atoms with E-state index in [1.54, 1.807) is 0 Å². The van der Waals surface area contributed by atoms with E-state index in [0.29, 0.717) is 0 Å². The molecule has 0 aromatic heterocycles. The standard InChI is InChI=1S/C14H28N2.ClH/c1-12-4-3-5-13(2)16(12)11-8-14-6-9-15-10-7-14;/h12-15H,3-11H2,1-2H3;1H/t12-,13+;. The summed E-state index contributed by atoms with van der Waals surface area (Å²) in [5.41, 5.74) is 0. The van der Waals surface area contributed by atoms with E-state index >= 15 is 0 Å². The second-order valence-corrected chi connectivity index (χ2v) is 5.85. The van der Waals surface area contributed by atoms with Crippen LogP contribution in [0.1, 0.15) is 52.4 Å². The van der Waals surface area contributed by atoms with Crippen LogP contribution in [0.3, 0.4) is 0 Å². The zero-order valence-electron chi connectivity index (χ0n) is 11.5. The minimum Gasteiger partial charge on any atom is -0.317 e. The molecule has 0 radical (unpaired) electrons. The average Bonchev–Trinajstić information content (AvgIpc) is 2.30. The van der Waals surface area contributed by atoms with Gasteiger partial charge < -0.3 is 5.32 Å².